The van der Waals surface area contributed by atoms with Crippen LogP contribution in [-0.2, 0) is 13.0 Å². The highest BCUT2D eigenvalue weighted by molar-refractivity contribution is 5.30. The van der Waals surface area contributed by atoms with Crippen molar-refractivity contribution >= 4 is 5.95 Å². The second kappa shape index (κ2) is 5.44. The Morgan fingerprint density at radius 2 is 2.25 bits per heavy atom. The summed E-state index contributed by atoms with van der Waals surface area (Å²) in [5.41, 5.74) is 0. The van der Waals surface area contributed by atoms with E-state index < -0.39 is 0 Å². The molecule has 0 aromatic carbocycles. The summed E-state index contributed by atoms with van der Waals surface area (Å²) in [6.45, 7) is 3.03. The first-order valence-electron chi connectivity index (χ1n) is 6.83. The van der Waals surface area contributed by atoms with E-state index in [0.717, 1.165) is 24.6 Å². The zero-order chi connectivity index (χ0) is 13.9. The number of hydrogen-bond acceptors (Lipinski definition) is 6. The quantitative estimate of drug-likeness (QED) is 0.912. The number of ether oxygens (including phenoxy) is 1. The minimum absolute atomic E-state index is 0.00135. The van der Waals surface area contributed by atoms with Gasteiger partial charge < -0.3 is 14.6 Å². The van der Waals surface area contributed by atoms with Crippen molar-refractivity contribution in [3.63, 3.8) is 0 Å². The van der Waals surface area contributed by atoms with E-state index in [-0.39, 0.29) is 6.04 Å². The van der Waals surface area contributed by atoms with Crippen molar-refractivity contribution in [1.29, 1.82) is 0 Å². The molecule has 0 fully saturated rings. The Labute approximate surface area is 117 Å². The number of nitrogens with one attached hydrogen (secondary N) is 1. The van der Waals surface area contributed by atoms with Gasteiger partial charge in [-0.2, -0.15) is 4.98 Å². The minimum atomic E-state index is 0.00135. The van der Waals surface area contributed by atoms with Gasteiger partial charge in [-0.3, -0.25) is 0 Å². The monoisotopic (exact) mass is 274 g/mol. The van der Waals surface area contributed by atoms with E-state index >= 15 is 0 Å². The van der Waals surface area contributed by atoms with Crippen molar-refractivity contribution in [2.24, 2.45) is 0 Å². The summed E-state index contributed by atoms with van der Waals surface area (Å²) < 4.78 is 7.29. The molecule has 0 aliphatic carbocycles. The van der Waals surface area contributed by atoms with Crippen LogP contribution in [0.3, 0.4) is 0 Å². The van der Waals surface area contributed by atoms with Crippen LogP contribution >= 0.6 is 0 Å². The maximum atomic E-state index is 5.09. The molecule has 1 aliphatic heterocycles. The topological polar surface area (TPSA) is 77.8 Å². The smallest absolute Gasteiger partial charge is 0.226 e. The number of hydrogen-bond donors (Lipinski definition) is 1. The fourth-order valence-electron chi connectivity index (χ4n) is 2.43. The fourth-order valence-corrected chi connectivity index (χ4v) is 2.43. The van der Waals surface area contributed by atoms with E-state index in [4.69, 9.17) is 4.74 Å². The molecular formula is C13H18N6O. The van der Waals surface area contributed by atoms with E-state index in [1.807, 2.05) is 6.92 Å². The molecule has 3 heterocycles. The molecule has 0 saturated heterocycles. The normalized spacial score (nSPS) is 15.5. The van der Waals surface area contributed by atoms with E-state index in [1.165, 1.54) is 12.8 Å². The second-order valence-corrected chi connectivity index (χ2v) is 4.87. The van der Waals surface area contributed by atoms with Gasteiger partial charge in [0.15, 0.2) is 5.82 Å². The summed E-state index contributed by atoms with van der Waals surface area (Å²) >= 11 is 0. The molecule has 0 bridgehead atoms. The predicted octanol–water partition coefficient (Wildman–Crippen LogP) is 1.59. The molecule has 0 spiro atoms. The van der Waals surface area contributed by atoms with Gasteiger partial charge in [0.2, 0.25) is 11.8 Å². The van der Waals surface area contributed by atoms with Gasteiger partial charge in [0.05, 0.1) is 13.2 Å². The molecule has 0 saturated carbocycles. The van der Waals surface area contributed by atoms with Crippen LogP contribution in [0.15, 0.2) is 12.3 Å². The lowest BCUT2D eigenvalue weighted by Crippen LogP contribution is -2.18. The summed E-state index contributed by atoms with van der Waals surface area (Å²) in [7, 11) is 1.59. The van der Waals surface area contributed by atoms with Crippen LogP contribution in [0.25, 0.3) is 0 Å². The van der Waals surface area contributed by atoms with Crippen molar-refractivity contribution < 1.29 is 4.74 Å². The van der Waals surface area contributed by atoms with Crippen LogP contribution in [0.4, 0.5) is 5.95 Å². The number of rotatable bonds is 4. The molecule has 106 valence electrons. The van der Waals surface area contributed by atoms with E-state index in [1.54, 1.807) is 19.4 Å². The summed E-state index contributed by atoms with van der Waals surface area (Å²) in [5.74, 6) is 3.08. The molecule has 1 unspecified atom stereocenters. The SMILES string of the molecule is COc1ccnc(NC(C)c2nnc3n2CCCC3)n1. The Kier molecular flexibility index (Phi) is 3.49. The van der Waals surface area contributed by atoms with Gasteiger partial charge in [-0.15, -0.1) is 10.2 Å². The third-order valence-electron chi connectivity index (χ3n) is 3.46. The fraction of sp³-hybridized carbons (Fsp3) is 0.538. The largest absolute Gasteiger partial charge is 0.481 e. The number of fused-ring (bicyclic) bond motifs is 1. The third kappa shape index (κ3) is 2.43. The zero-order valence-corrected chi connectivity index (χ0v) is 11.7. The number of aromatic nitrogens is 5. The Morgan fingerprint density at radius 1 is 1.35 bits per heavy atom. The van der Waals surface area contributed by atoms with Crippen LogP contribution in [0.2, 0.25) is 0 Å². The Hall–Kier alpha value is -2.18. The summed E-state index contributed by atoms with van der Waals surface area (Å²) in [4.78, 5) is 8.44. The predicted molar refractivity (Wildman–Crippen MR) is 73.6 cm³/mol. The van der Waals surface area contributed by atoms with Crippen molar-refractivity contribution in [2.45, 2.75) is 38.8 Å². The molecule has 0 radical (unpaired) electrons. The van der Waals surface area contributed by atoms with Crippen LogP contribution in [0.5, 0.6) is 5.88 Å². The molecule has 2 aromatic rings. The standard InChI is InChI=1S/C13H18N6O/c1-9(15-13-14-7-6-11(16-13)20-2)12-18-17-10-5-3-4-8-19(10)12/h6-7,9H,3-5,8H2,1-2H3,(H,14,15,16). The van der Waals surface area contributed by atoms with Crippen molar-refractivity contribution in [2.75, 3.05) is 12.4 Å². The molecular weight excluding hydrogens is 256 g/mol. The van der Waals surface area contributed by atoms with Gasteiger partial charge in [-0.1, -0.05) is 0 Å². The summed E-state index contributed by atoms with van der Waals surface area (Å²) in [6, 6.07) is 1.72. The van der Waals surface area contributed by atoms with E-state index in [9.17, 15) is 0 Å². The Morgan fingerprint density at radius 3 is 3.10 bits per heavy atom. The van der Waals surface area contributed by atoms with Gasteiger partial charge in [-0.05, 0) is 19.8 Å². The van der Waals surface area contributed by atoms with Crippen LogP contribution in [0.1, 0.15) is 37.5 Å². The lowest BCUT2D eigenvalue weighted by Gasteiger charge is -2.18. The van der Waals surface area contributed by atoms with Crippen LogP contribution < -0.4 is 10.1 Å². The van der Waals surface area contributed by atoms with E-state index in [2.05, 4.69) is 30.0 Å². The molecule has 7 heteroatoms. The van der Waals surface area contributed by atoms with Gasteiger partial charge in [0.1, 0.15) is 5.82 Å². The molecule has 0 amide bonds. The Balaban J connectivity index is 1.78. The van der Waals surface area contributed by atoms with Crippen molar-refractivity contribution in [3.8, 4) is 5.88 Å². The molecule has 3 rings (SSSR count). The molecule has 1 atom stereocenters. The van der Waals surface area contributed by atoms with Gasteiger partial charge in [-0.25, -0.2) is 4.98 Å². The highest BCUT2D eigenvalue weighted by atomic mass is 16.5. The average Bonchev–Trinajstić information content (AvgIpc) is 2.91. The number of anilines is 1. The first-order chi connectivity index (χ1) is 9.78. The minimum Gasteiger partial charge on any atom is -0.481 e. The molecule has 7 nitrogen and oxygen atoms in total. The lowest BCUT2D eigenvalue weighted by molar-refractivity contribution is 0.397. The second-order valence-electron chi connectivity index (χ2n) is 4.87. The van der Waals surface area contributed by atoms with Crippen molar-refractivity contribution in [1.82, 2.24) is 24.7 Å². The zero-order valence-electron chi connectivity index (χ0n) is 11.7. The first-order valence-corrected chi connectivity index (χ1v) is 6.83. The molecule has 1 aliphatic rings. The van der Waals surface area contributed by atoms with Gasteiger partial charge in [0.25, 0.3) is 0 Å². The third-order valence-corrected chi connectivity index (χ3v) is 3.46. The number of nitrogens with zero attached hydrogens (tertiary/aromatic N) is 5. The highest BCUT2D eigenvalue weighted by Crippen LogP contribution is 2.21. The summed E-state index contributed by atoms with van der Waals surface area (Å²) in [6.07, 6.45) is 5.05. The summed E-state index contributed by atoms with van der Waals surface area (Å²) in [5, 5.41) is 11.8. The first kappa shape index (κ1) is 12.8. The number of methoxy groups -OCH3 is 1. The van der Waals surface area contributed by atoms with Gasteiger partial charge in [0, 0.05) is 25.2 Å². The van der Waals surface area contributed by atoms with Gasteiger partial charge >= 0.3 is 0 Å². The molecule has 1 N–H and O–H groups in total. The van der Waals surface area contributed by atoms with Crippen molar-refractivity contribution in [3.05, 3.63) is 23.9 Å². The maximum Gasteiger partial charge on any atom is 0.226 e. The molecule has 20 heavy (non-hydrogen) atoms. The average molecular weight is 274 g/mol. The number of aryl methyl sites for hydroxylation is 1. The lowest BCUT2D eigenvalue weighted by atomic mass is 10.1. The van der Waals surface area contributed by atoms with E-state index in [0.29, 0.717) is 11.8 Å². The maximum absolute atomic E-state index is 5.09. The highest BCUT2D eigenvalue weighted by Gasteiger charge is 2.20. The van der Waals surface area contributed by atoms with Crippen LogP contribution in [0, 0.1) is 0 Å². The molecule has 2 aromatic heterocycles. The van der Waals surface area contributed by atoms with Crippen LogP contribution in [-0.4, -0.2) is 31.8 Å². The Bertz CT molecular complexity index is 596.